The minimum Gasteiger partial charge on any atom is -0.355 e. The fourth-order valence-corrected chi connectivity index (χ4v) is 2.08. The van der Waals surface area contributed by atoms with Gasteiger partial charge in [0, 0.05) is 12.6 Å². The van der Waals surface area contributed by atoms with Crippen LogP contribution >= 0.6 is 0 Å². The minimum absolute atomic E-state index is 0.0920. The second-order valence-corrected chi connectivity index (χ2v) is 5.54. The molecule has 0 saturated carbocycles. The van der Waals surface area contributed by atoms with Crippen LogP contribution in [-0.2, 0) is 4.79 Å². The van der Waals surface area contributed by atoms with Crippen LogP contribution in [0.4, 0.5) is 0 Å². The zero-order valence-corrected chi connectivity index (χ0v) is 12.9. The van der Waals surface area contributed by atoms with E-state index in [4.69, 9.17) is 0 Å². The molecule has 2 N–H and O–H groups in total. The third-order valence-corrected chi connectivity index (χ3v) is 3.46. The van der Waals surface area contributed by atoms with E-state index in [-0.39, 0.29) is 11.9 Å². The number of nitrogens with one attached hydrogen (secondary N) is 2. The Labute approximate surface area is 113 Å². The Morgan fingerprint density at radius 3 is 2.33 bits per heavy atom. The van der Waals surface area contributed by atoms with E-state index >= 15 is 0 Å². The molecule has 0 aliphatic rings. The van der Waals surface area contributed by atoms with Crippen molar-refractivity contribution in [3.63, 3.8) is 0 Å². The molecule has 3 heteroatoms. The molecule has 0 aromatic carbocycles. The maximum atomic E-state index is 11.8. The van der Waals surface area contributed by atoms with Gasteiger partial charge >= 0.3 is 0 Å². The number of carbonyl (C=O) groups is 1. The van der Waals surface area contributed by atoms with Crippen LogP contribution in [0.1, 0.15) is 66.7 Å². The van der Waals surface area contributed by atoms with Gasteiger partial charge in [0.25, 0.3) is 0 Å². The molecule has 0 radical (unpaired) electrons. The fraction of sp³-hybridized carbons (Fsp3) is 0.933. The summed E-state index contributed by atoms with van der Waals surface area (Å²) in [6.07, 6.45) is 5.78. The SMILES string of the molecule is CCCCCNC(=O)C(C)NC(C)CC(C)CC. The van der Waals surface area contributed by atoms with Crippen molar-refractivity contribution in [1.29, 1.82) is 0 Å². The first-order valence-electron chi connectivity index (χ1n) is 7.54. The quantitative estimate of drug-likeness (QED) is 0.590. The van der Waals surface area contributed by atoms with E-state index in [0.29, 0.717) is 12.0 Å². The van der Waals surface area contributed by atoms with Crippen molar-refractivity contribution in [3.05, 3.63) is 0 Å². The van der Waals surface area contributed by atoms with E-state index in [1.807, 2.05) is 6.92 Å². The van der Waals surface area contributed by atoms with Gasteiger partial charge in [-0.3, -0.25) is 4.79 Å². The molecule has 0 fully saturated rings. The summed E-state index contributed by atoms with van der Waals surface area (Å²) in [4.78, 5) is 11.8. The highest BCUT2D eigenvalue weighted by atomic mass is 16.2. The zero-order chi connectivity index (χ0) is 14.0. The lowest BCUT2D eigenvalue weighted by Gasteiger charge is -2.21. The Morgan fingerprint density at radius 1 is 1.11 bits per heavy atom. The fourth-order valence-electron chi connectivity index (χ4n) is 2.08. The molecule has 3 nitrogen and oxygen atoms in total. The van der Waals surface area contributed by atoms with Gasteiger partial charge in [0.2, 0.25) is 5.91 Å². The molecule has 0 heterocycles. The normalized spacial score (nSPS) is 16.1. The average molecular weight is 256 g/mol. The number of unbranched alkanes of at least 4 members (excludes halogenated alkanes) is 2. The van der Waals surface area contributed by atoms with Crippen LogP contribution in [0.5, 0.6) is 0 Å². The van der Waals surface area contributed by atoms with Gasteiger partial charge in [-0.15, -0.1) is 0 Å². The first-order chi connectivity index (χ1) is 8.51. The van der Waals surface area contributed by atoms with Crippen LogP contribution in [0.3, 0.4) is 0 Å². The van der Waals surface area contributed by atoms with Crippen molar-refractivity contribution in [3.8, 4) is 0 Å². The first kappa shape index (κ1) is 17.4. The maximum absolute atomic E-state index is 11.8. The number of amides is 1. The molecule has 0 spiro atoms. The summed E-state index contributed by atoms with van der Waals surface area (Å²) in [6.45, 7) is 11.5. The lowest BCUT2D eigenvalue weighted by atomic mass is 10.00. The zero-order valence-electron chi connectivity index (χ0n) is 12.9. The van der Waals surface area contributed by atoms with Gasteiger partial charge in [0.05, 0.1) is 6.04 Å². The molecule has 0 rings (SSSR count). The van der Waals surface area contributed by atoms with Crippen LogP contribution < -0.4 is 10.6 Å². The lowest BCUT2D eigenvalue weighted by Crippen LogP contribution is -2.46. The van der Waals surface area contributed by atoms with Crippen molar-refractivity contribution >= 4 is 5.91 Å². The van der Waals surface area contributed by atoms with Crippen molar-refractivity contribution in [2.45, 2.75) is 78.8 Å². The van der Waals surface area contributed by atoms with Gasteiger partial charge < -0.3 is 10.6 Å². The van der Waals surface area contributed by atoms with Crippen LogP contribution in [0.25, 0.3) is 0 Å². The van der Waals surface area contributed by atoms with Gasteiger partial charge in [0.15, 0.2) is 0 Å². The Balaban J connectivity index is 3.78. The highest BCUT2D eigenvalue weighted by Crippen LogP contribution is 2.09. The van der Waals surface area contributed by atoms with Gasteiger partial charge in [-0.05, 0) is 32.6 Å². The first-order valence-corrected chi connectivity index (χ1v) is 7.54. The third kappa shape index (κ3) is 8.51. The highest BCUT2D eigenvalue weighted by Gasteiger charge is 2.15. The van der Waals surface area contributed by atoms with E-state index in [1.54, 1.807) is 0 Å². The molecule has 3 unspecified atom stereocenters. The van der Waals surface area contributed by atoms with Crippen LogP contribution in [0, 0.1) is 5.92 Å². The van der Waals surface area contributed by atoms with E-state index in [9.17, 15) is 4.79 Å². The molecule has 0 bridgehead atoms. The van der Waals surface area contributed by atoms with Gasteiger partial charge in [-0.1, -0.05) is 40.0 Å². The monoisotopic (exact) mass is 256 g/mol. The molecule has 0 saturated heterocycles. The molecule has 0 aliphatic heterocycles. The average Bonchev–Trinajstić information content (AvgIpc) is 2.33. The molecular formula is C15H32N2O. The predicted octanol–water partition coefficient (Wildman–Crippen LogP) is 3.10. The van der Waals surface area contributed by atoms with Crippen LogP contribution in [0.2, 0.25) is 0 Å². The molecule has 0 aromatic rings. The van der Waals surface area contributed by atoms with Crippen LogP contribution in [0.15, 0.2) is 0 Å². The predicted molar refractivity (Wildman–Crippen MR) is 78.7 cm³/mol. The molecule has 0 aliphatic carbocycles. The van der Waals surface area contributed by atoms with Crippen LogP contribution in [-0.4, -0.2) is 24.5 Å². The summed E-state index contributed by atoms with van der Waals surface area (Å²) in [7, 11) is 0. The summed E-state index contributed by atoms with van der Waals surface area (Å²) in [5.74, 6) is 0.842. The van der Waals surface area contributed by atoms with E-state index in [1.165, 1.54) is 19.3 Å². The van der Waals surface area contributed by atoms with Gasteiger partial charge in [-0.2, -0.15) is 0 Å². The van der Waals surface area contributed by atoms with E-state index < -0.39 is 0 Å². The lowest BCUT2D eigenvalue weighted by molar-refractivity contribution is -0.122. The molecule has 0 aromatic heterocycles. The number of hydrogen-bond acceptors (Lipinski definition) is 2. The Kier molecular flexibility index (Phi) is 10.0. The van der Waals surface area contributed by atoms with Gasteiger partial charge in [0.1, 0.15) is 0 Å². The molecule has 108 valence electrons. The standard InChI is InChI=1S/C15H32N2O/c1-6-8-9-10-16-15(18)14(5)17-13(4)11-12(3)7-2/h12-14,17H,6-11H2,1-5H3,(H,16,18). The van der Waals surface area contributed by atoms with E-state index in [2.05, 4.69) is 38.3 Å². The Hall–Kier alpha value is -0.570. The summed E-state index contributed by atoms with van der Waals surface area (Å²) < 4.78 is 0. The second kappa shape index (κ2) is 10.4. The number of hydrogen-bond donors (Lipinski definition) is 2. The van der Waals surface area contributed by atoms with Crippen molar-refractivity contribution in [2.24, 2.45) is 5.92 Å². The van der Waals surface area contributed by atoms with Gasteiger partial charge in [-0.25, -0.2) is 0 Å². The molecular weight excluding hydrogens is 224 g/mol. The largest absolute Gasteiger partial charge is 0.355 e. The Bertz CT molecular complexity index is 219. The van der Waals surface area contributed by atoms with Crippen molar-refractivity contribution < 1.29 is 4.79 Å². The summed E-state index contributed by atoms with van der Waals surface area (Å²) in [6, 6.07) is 0.307. The summed E-state index contributed by atoms with van der Waals surface area (Å²) >= 11 is 0. The molecule has 18 heavy (non-hydrogen) atoms. The summed E-state index contributed by atoms with van der Waals surface area (Å²) in [5, 5.41) is 6.36. The smallest absolute Gasteiger partial charge is 0.236 e. The number of carbonyl (C=O) groups excluding carboxylic acids is 1. The minimum atomic E-state index is -0.0920. The second-order valence-electron chi connectivity index (χ2n) is 5.54. The van der Waals surface area contributed by atoms with Crippen molar-refractivity contribution in [2.75, 3.05) is 6.54 Å². The highest BCUT2D eigenvalue weighted by molar-refractivity contribution is 5.81. The third-order valence-electron chi connectivity index (χ3n) is 3.46. The Morgan fingerprint density at radius 2 is 1.78 bits per heavy atom. The summed E-state index contributed by atoms with van der Waals surface area (Å²) in [5.41, 5.74) is 0. The topological polar surface area (TPSA) is 41.1 Å². The number of rotatable bonds is 10. The van der Waals surface area contributed by atoms with E-state index in [0.717, 1.165) is 19.4 Å². The van der Waals surface area contributed by atoms with Crippen molar-refractivity contribution in [1.82, 2.24) is 10.6 Å². The molecule has 3 atom stereocenters. The molecule has 1 amide bonds. The maximum Gasteiger partial charge on any atom is 0.236 e.